The second-order valence-electron chi connectivity index (χ2n) is 6.54. The minimum absolute atomic E-state index is 0.0173. The monoisotopic (exact) mass is 369 g/mol. The zero-order chi connectivity index (χ0) is 17.9. The van der Waals surface area contributed by atoms with Crippen LogP contribution in [-0.4, -0.2) is 33.6 Å². The summed E-state index contributed by atoms with van der Waals surface area (Å²) in [5.41, 5.74) is 1.09. The second-order valence-corrected chi connectivity index (χ2v) is 6.91. The lowest BCUT2D eigenvalue weighted by Gasteiger charge is -2.23. The number of halogens is 2. The molecule has 1 saturated carbocycles. The van der Waals surface area contributed by atoms with Crippen LogP contribution in [0.15, 0.2) is 15.7 Å². The summed E-state index contributed by atoms with van der Waals surface area (Å²) in [7, 11) is 0. The summed E-state index contributed by atoms with van der Waals surface area (Å²) in [6.45, 7) is 0.849. The molecule has 0 radical (unpaired) electrons. The lowest BCUT2D eigenvalue weighted by atomic mass is 10.2. The Bertz CT molecular complexity index is 984. The van der Waals surface area contributed by atoms with Gasteiger partial charge in [-0.15, -0.1) is 0 Å². The number of nitrogens with two attached hydrogens (primary N) is 1. The minimum atomic E-state index is -0.777. The molecule has 0 spiro atoms. The minimum Gasteiger partial charge on any atom is -0.366 e. The predicted molar refractivity (Wildman–Crippen MR) is 91.4 cm³/mol. The van der Waals surface area contributed by atoms with E-state index in [2.05, 4.69) is 5.48 Å². The van der Waals surface area contributed by atoms with Gasteiger partial charge in [-0.2, -0.15) is 4.68 Å². The van der Waals surface area contributed by atoms with Gasteiger partial charge in [0.25, 0.3) is 5.56 Å². The van der Waals surface area contributed by atoms with Crippen LogP contribution in [0.4, 0.5) is 10.1 Å². The van der Waals surface area contributed by atoms with Gasteiger partial charge in [0, 0.05) is 19.1 Å². The van der Waals surface area contributed by atoms with Gasteiger partial charge >= 0.3 is 5.69 Å². The van der Waals surface area contributed by atoms with Crippen molar-refractivity contribution in [3.8, 4) is 0 Å². The Labute approximate surface area is 146 Å². The Morgan fingerprint density at radius 1 is 1.32 bits per heavy atom. The summed E-state index contributed by atoms with van der Waals surface area (Å²) in [4.78, 5) is 26.5. The summed E-state index contributed by atoms with van der Waals surface area (Å²) in [5.74, 6) is 4.91. The van der Waals surface area contributed by atoms with E-state index in [4.69, 9.17) is 22.7 Å². The quantitative estimate of drug-likeness (QED) is 0.539. The number of rotatable bonds is 3. The molecule has 4 N–H and O–H groups in total. The first-order chi connectivity index (χ1) is 11.9. The SMILES string of the molecule is Nn1c(=O)c2cc(F)c(N3CCC(NO)C3)c(Cl)c2n(C2CC2)c1=O. The van der Waals surface area contributed by atoms with Gasteiger partial charge in [0.15, 0.2) is 0 Å². The van der Waals surface area contributed by atoms with E-state index in [0.29, 0.717) is 24.2 Å². The van der Waals surface area contributed by atoms with Crippen LogP contribution in [0.2, 0.25) is 5.02 Å². The number of aromatic nitrogens is 2. The Morgan fingerprint density at radius 2 is 2.04 bits per heavy atom. The summed E-state index contributed by atoms with van der Waals surface area (Å²) < 4.78 is 16.6. The standard InChI is InChI=1S/C15H17ClFN5O3/c16-11-12-9(14(23)22(18)15(24)21(12)8-1-2-8)5-10(17)13(11)20-4-3-7(6-20)19-25/h5,7-8,19,25H,1-4,6,18H2. The Morgan fingerprint density at radius 3 is 2.64 bits per heavy atom. The molecule has 1 unspecified atom stereocenters. The molecule has 134 valence electrons. The molecule has 1 aliphatic carbocycles. The van der Waals surface area contributed by atoms with E-state index < -0.39 is 17.1 Å². The fourth-order valence-electron chi connectivity index (χ4n) is 3.46. The fourth-order valence-corrected chi connectivity index (χ4v) is 3.86. The molecule has 10 heteroatoms. The van der Waals surface area contributed by atoms with Gasteiger partial charge in [-0.1, -0.05) is 11.6 Å². The van der Waals surface area contributed by atoms with E-state index in [1.165, 1.54) is 4.57 Å². The Balaban J connectivity index is 2.01. The van der Waals surface area contributed by atoms with E-state index in [1.807, 2.05) is 0 Å². The van der Waals surface area contributed by atoms with Crippen LogP contribution in [0.5, 0.6) is 0 Å². The molecule has 1 saturated heterocycles. The molecule has 1 aromatic carbocycles. The van der Waals surface area contributed by atoms with Gasteiger partial charge in [0.05, 0.1) is 27.7 Å². The highest BCUT2D eigenvalue weighted by Crippen LogP contribution is 2.41. The topological polar surface area (TPSA) is 106 Å². The highest BCUT2D eigenvalue weighted by atomic mass is 35.5. The van der Waals surface area contributed by atoms with Crippen LogP contribution < -0.4 is 27.5 Å². The zero-order valence-corrected chi connectivity index (χ0v) is 14.0. The van der Waals surface area contributed by atoms with Crippen molar-refractivity contribution >= 4 is 28.2 Å². The average Bonchev–Trinajstić information content (AvgIpc) is 3.31. The average molecular weight is 370 g/mol. The van der Waals surface area contributed by atoms with Crippen molar-refractivity contribution in [1.82, 2.24) is 14.7 Å². The van der Waals surface area contributed by atoms with Crippen LogP contribution in [0.25, 0.3) is 10.9 Å². The second kappa shape index (κ2) is 5.72. The number of nitrogen functional groups attached to an aromatic ring is 1. The van der Waals surface area contributed by atoms with Crippen molar-refractivity contribution in [2.24, 2.45) is 0 Å². The van der Waals surface area contributed by atoms with Gasteiger partial charge in [-0.3, -0.25) is 9.36 Å². The van der Waals surface area contributed by atoms with Crippen molar-refractivity contribution in [2.45, 2.75) is 31.3 Å². The van der Waals surface area contributed by atoms with Gasteiger partial charge in [0.1, 0.15) is 5.82 Å². The van der Waals surface area contributed by atoms with Crippen molar-refractivity contribution < 1.29 is 9.60 Å². The van der Waals surface area contributed by atoms with Gasteiger partial charge < -0.3 is 15.9 Å². The van der Waals surface area contributed by atoms with Crippen molar-refractivity contribution in [3.05, 3.63) is 37.7 Å². The van der Waals surface area contributed by atoms with Crippen molar-refractivity contribution in [3.63, 3.8) is 0 Å². The van der Waals surface area contributed by atoms with E-state index in [1.54, 1.807) is 4.90 Å². The number of hydroxylamine groups is 1. The molecule has 0 bridgehead atoms. The number of benzene rings is 1. The number of nitrogens with one attached hydrogen (secondary N) is 1. The van der Waals surface area contributed by atoms with Crippen molar-refractivity contribution in [2.75, 3.05) is 23.8 Å². The molecule has 2 heterocycles. The molecule has 1 aromatic heterocycles. The highest BCUT2D eigenvalue weighted by Gasteiger charge is 2.32. The molecular weight excluding hydrogens is 353 g/mol. The van der Waals surface area contributed by atoms with Crippen LogP contribution in [0, 0.1) is 5.82 Å². The molecule has 2 aliphatic rings. The van der Waals surface area contributed by atoms with Crippen LogP contribution in [0.1, 0.15) is 25.3 Å². The molecule has 1 atom stereocenters. The summed E-state index contributed by atoms with van der Waals surface area (Å²) >= 11 is 6.48. The number of hydrogen-bond donors (Lipinski definition) is 3. The van der Waals surface area contributed by atoms with Crippen LogP contribution in [0.3, 0.4) is 0 Å². The van der Waals surface area contributed by atoms with E-state index in [9.17, 15) is 14.0 Å². The van der Waals surface area contributed by atoms with E-state index in [0.717, 1.165) is 18.9 Å². The lowest BCUT2D eigenvalue weighted by molar-refractivity contribution is 0.134. The molecule has 8 nitrogen and oxygen atoms in total. The first-order valence-corrected chi connectivity index (χ1v) is 8.40. The van der Waals surface area contributed by atoms with E-state index >= 15 is 0 Å². The Hall–Kier alpha value is -2.10. The van der Waals surface area contributed by atoms with Gasteiger partial charge in [-0.05, 0) is 25.3 Å². The molecule has 0 amide bonds. The summed E-state index contributed by atoms with van der Waals surface area (Å²) in [6, 6.07) is 0.792. The first-order valence-electron chi connectivity index (χ1n) is 8.03. The number of fused-ring (bicyclic) bond motifs is 1. The summed E-state index contributed by atoms with van der Waals surface area (Å²) in [5, 5.41) is 9.07. The maximum Gasteiger partial charge on any atom is 0.350 e. The van der Waals surface area contributed by atoms with Gasteiger partial charge in [-0.25, -0.2) is 14.7 Å². The third-order valence-corrected chi connectivity index (χ3v) is 5.23. The maximum atomic E-state index is 14.7. The number of nitrogens with zero attached hydrogens (tertiary/aromatic N) is 3. The predicted octanol–water partition coefficient (Wildman–Crippen LogP) is 0.562. The van der Waals surface area contributed by atoms with Crippen LogP contribution >= 0.6 is 11.6 Å². The number of hydrogen-bond acceptors (Lipinski definition) is 6. The molecule has 1 aliphatic heterocycles. The van der Waals surface area contributed by atoms with Gasteiger partial charge in [0.2, 0.25) is 0 Å². The van der Waals surface area contributed by atoms with Crippen LogP contribution in [-0.2, 0) is 0 Å². The third-order valence-electron chi connectivity index (χ3n) is 4.87. The van der Waals surface area contributed by atoms with E-state index in [-0.39, 0.29) is 33.7 Å². The Kier molecular flexibility index (Phi) is 3.75. The molecule has 25 heavy (non-hydrogen) atoms. The normalized spacial score (nSPS) is 20.6. The third kappa shape index (κ3) is 2.42. The number of anilines is 1. The largest absolute Gasteiger partial charge is 0.366 e. The lowest BCUT2D eigenvalue weighted by Crippen LogP contribution is -2.44. The summed E-state index contributed by atoms with van der Waals surface area (Å²) in [6.07, 6.45) is 2.16. The maximum absolute atomic E-state index is 14.7. The zero-order valence-electron chi connectivity index (χ0n) is 13.2. The molecule has 2 aromatic rings. The molecule has 4 rings (SSSR count). The smallest absolute Gasteiger partial charge is 0.350 e. The first kappa shape index (κ1) is 16.4. The van der Waals surface area contributed by atoms with Crippen molar-refractivity contribution in [1.29, 1.82) is 0 Å². The molecule has 2 fully saturated rings. The molecular formula is C15H17ClFN5O3. The highest BCUT2D eigenvalue weighted by molar-refractivity contribution is 6.38. The fraction of sp³-hybridized carbons (Fsp3) is 0.467.